The van der Waals surface area contributed by atoms with Gasteiger partial charge < -0.3 is 24.2 Å². The molecule has 9 heteroatoms. The van der Waals surface area contributed by atoms with Crippen molar-refractivity contribution >= 4 is 12.0 Å². The van der Waals surface area contributed by atoms with Crippen molar-refractivity contribution in [2.75, 3.05) is 27.3 Å². The number of benzene rings is 1. The van der Waals surface area contributed by atoms with Crippen LogP contribution >= 0.6 is 0 Å². The Hall–Kier alpha value is -2.52. The lowest BCUT2D eigenvalue weighted by atomic mass is 9.87. The molecule has 2 aliphatic heterocycles. The van der Waals surface area contributed by atoms with Crippen LogP contribution in [-0.2, 0) is 16.1 Å². The molecule has 1 atom stereocenters. The summed E-state index contributed by atoms with van der Waals surface area (Å²) in [4.78, 5) is 28.5. The molecule has 1 unspecified atom stereocenters. The van der Waals surface area contributed by atoms with Crippen molar-refractivity contribution in [3.8, 4) is 11.5 Å². The van der Waals surface area contributed by atoms with Gasteiger partial charge in [0.05, 0.1) is 14.2 Å². The van der Waals surface area contributed by atoms with Crippen molar-refractivity contribution in [3.05, 3.63) is 23.8 Å². The third kappa shape index (κ3) is 4.62. The highest BCUT2D eigenvalue weighted by molar-refractivity contribution is 5.89. The Morgan fingerprint density at radius 1 is 1.17 bits per heavy atom. The Kier molecular flexibility index (Phi) is 6.14. The summed E-state index contributed by atoms with van der Waals surface area (Å²) < 4.78 is 16.0. The highest BCUT2D eigenvalue weighted by Gasteiger charge is 2.52. The average molecular weight is 421 g/mol. The maximum absolute atomic E-state index is 13.2. The number of aliphatic hydroxyl groups is 1. The molecule has 2 amide bonds. The molecule has 0 radical (unpaired) electrons. The minimum absolute atomic E-state index is 0.180. The van der Waals surface area contributed by atoms with Crippen LogP contribution in [0.1, 0.15) is 39.2 Å². The maximum Gasteiger partial charge on any atom is 0.410 e. The second-order valence-corrected chi connectivity index (χ2v) is 8.72. The highest BCUT2D eigenvalue weighted by Crippen LogP contribution is 2.33. The number of rotatable bonds is 4. The number of aliphatic hydroxyl groups excluding tert-OH is 1. The molecule has 3 rings (SSSR count). The van der Waals surface area contributed by atoms with E-state index in [9.17, 15) is 14.7 Å². The van der Waals surface area contributed by atoms with Crippen molar-refractivity contribution in [3.63, 3.8) is 0 Å². The lowest BCUT2D eigenvalue weighted by molar-refractivity contribution is -0.138. The van der Waals surface area contributed by atoms with E-state index in [1.165, 1.54) is 4.90 Å². The Morgan fingerprint density at radius 3 is 2.23 bits per heavy atom. The van der Waals surface area contributed by atoms with Crippen LogP contribution in [0.4, 0.5) is 4.79 Å². The summed E-state index contributed by atoms with van der Waals surface area (Å²) in [5.41, 5.74) is -0.678. The van der Waals surface area contributed by atoms with E-state index in [-0.39, 0.29) is 18.5 Å². The molecular formula is C21H31N3O6. The van der Waals surface area contributed by atoms with Crippen LogP contribution in [0, 0.1) is 0 Å². The largest absolute Gasteiger partial charge is 0.497 e. The third-order valence-corrected chi connectivity index (χ3v) is 5.40. The van der Waals surface area contributed by atoms with Gasteiger partial charge in [-0.05, 0) is 51.3 Å². The Labute approximate surface area is 176 Å². The molecule has 2 heterocycles. The number of likely N-dealkylation sites (tertiary alicyclic amines) is 1. The Balaban J connectivity index is 1.68. The van der Waals surface area contributed by atoms with Crippen LogP contribution in [0.2, 0.25) is 0 Å². The van der Waals surface area contributed by atoms with Gasteiger partial charge in [0.2, 0.25) is 5.91 Å². The number of nitrogens with one attached hydrogen (secondary N) is 1. The molecule has 166 valence electrons. The molecule has 1 spiro atoms. The molecule has 0 bridgehead atoms. The lowest BCUT2D eigenvalue weighted by Crippen LogP contribution is -2.56. The predicted molar refractivity (Wildman–Crippen MR) is 109 cm³/mol. The topological polar surface area (TPSA) is 101 Å². The van der Waals surface area contributed by atoms with Crippen LogP contribution < -0.4 is 14.8 Å². The first-order valence-corrected chi connectivity index (χ1v) is 10.0. The normalized spacial score (nSPS) is 21.1. The third-order valence-electron chi connectivity index (χ3n) is 5.40. The lowest BCUT2D eigenvalue weighted by Gasteiger charge is -2.38. The molecule has 2 fully saturated rings. The van der Waals surface area contributed by atoms with Crippen LogP contribution in [0.15, 0.2) is 18.2 Å². The number of hydrogen-bond donors (Lipinski definition) is 2. The minimum atomic E-state index is -1.11. The quantitative estimate of drug-likeness (QED) is 0.763. The second kappa shape index (κ2) is 8.31. The summed E-state index contributed by atoms with van der Waals surface area (Å²) in [6, 6.07) is 5.36. The summed E-state index contributed by atoms with van der Waals surface area (Å²) in [6.45, 7) is 6.42. The fraction of sp³-hybridized carbons (Fsp3) is 0.619. The van der Waals surface area contributed by atoms with E-state index in [0.29, 0.717) is 37.4 Å². The zero-order valence-electron chi connectivity index (χ0n) is 18.2. The smallest absolute Gasteiger partial charge is 0.410 e. The molecule has 2 aliphatic rings. The zero-order chi connectivity index (χ0) is 22.1. The average Bonchev–Trinajstić information content (AvgIpc) is 2.91. The van der Waals surface area contributed by atoms with E-state index in [0.717, 1.165) is 5.56 Å². The van der Waals surface area contributed by atoms with Gasteiger partial charge >= 0.3 is 6.09 Å². The van der Waals surface area contributed by atoms with E-state index >= 15 is 0 Å². The number of carbonyl (C=O) groups is 2. The molecule has 9 nitrogen and oxygen atoms in total. The van der Waals surface area contributed by atoms with Crippen molar-refractivity contribution in [1.29, 1.82) is 0 Å². The Morgan fingerprint density at radius 2 is 1.73 bits per heavy atom. The molecule has 2 N–H and O–H groups in total. The van der Waals surface area contributed by atoms with Crippen molar-refractivity contribution in [1.82, 2.24) is 15.1 Å². The standard InChI is InChI=1S/C21H31N3O6/c1-20(2,3)30-19(27)23-8-6-21(7-9-23)17(25)24(18(26)22-21)13-14-10-15(28-4)12-16(11-14)29-5/h10-12,18,22,26H,6-9,13H2,1-5H3. The number of amides is 2. The summed E-state index contributed by atoms with van der Waals surface area (Å²) >= 11 is 0. The molecule has 0 aromatic heterocycles. The van der Waals surface area contributed by atoms with Crippen LogP contribution in [-0.4, -0.2) is 71.7 Å². The zero-order valence-corrected chi connectivity index (χ0v) is 18.2. The molecule has 30 heavy (non-hydrogen) atoms. The number of carbonyl (C=O) groups excluding carboxylic acids is 2. The number of nitrogens with zero attached hydrogens (tertiary/aromatic N) is 2. The van der Waals surface area contributed by atoms with Crippen LogP contribution in [0.3, 0.4) is 0 Å². The van der Waals surface area contributed by atoms with E-state index in [1.54, 1.807) is 37.3 Å². The number of ether oxygens (including phenoxy) is 3. The first-order chi connectivity index (χ1) is 14.1. The first kappa shape index (κ1) is 22.2. The van der Waals surface area contributed by atoms with E-state index in [1.807, 2.05) is 20.8 Å². The van der Waals surface area contributed by atoms with Crippen molar-refractivity contribution < 1.29 is 28.9 Å². The maximum atomic E-state index is 13.2. The fourth-order valence-corrected chi connectivity index (χ4v) is 3.84. The number of hydrogen-bond acceptors (Lipinski definition) is 7. The first-order valence-electron chi connectivity index (χ1n) is 10.0. The summed E-state index contributed by atoms with van der Waals surface area (Å²) in [6.07, 6.45) is -0.688. The van der Waals surface area contributed by atoms with Crippen molar-refractivity contribution in [2.24, 2.45) is 0 Å². The molecule has 1 aromatic carbocycles. The minimum Gasteiger partial charge on any atom is -0.497 e. The van der Waals surface area contributed by atoms with Gasteiger partial charge in [-0.15, -0.1) is 0 Å². The van der Waals surface area contributed by atoms with Gasteiger partial charge in [-0.2, -0.15) is 0 Å². The van der Waals surface area contributed by atoms with E-state index in [4.69, 9.17) is 14.2 Å². The molecular weight excluding hydrogens is 390 g/mol. The van der Waals surface area contributed by atoms with Gasteiger partial charge in [-0.25, -0.2) is 4.79 Å². The van der Waals surface area contributed by atoms with Gasteiger partial charge in [0.1, 0.15) is 22.6 Å². The van der Waals surface area contributed by atoms with Gasteiger partial charge in [-0.1, -0.05) is 0 Å². The predicted octanol–water partition coefficient (Wildman–Crippen LogP) is 1.68. The summed E-state index contributed by atoms with van der Waals surface area (Å²) in [5.74, 6) is 1.04. The van der Waals surface area contributed by atoms with E-state index < -0.39 is 17.5 Å². The van der Waals surface area contributed by atoms with Crippen LogP contribution in [0.5, 0.6) is 11.5 Å². The highest BCUT2D eigenvalue weighted by atomic mass is 16.6. The molecule has 2 saturated heterocycles. The fourth-order valence-electron chi connectivity index (χ4n) is 3.84. The number of piperidine rings is 1. The molecule has 1 aromatic rings. The number of methoxy groups -OCH3 is 2. The Bertz CT molecular complexity index is 776. The monoisotopic (exact) mass is 421 g/mol. The summed E-state index contributed by atoms with van der Waals surface area (Å²) in [5, 5.41) is 13.6. The van der Waals surface area contributed by atoms with Gasteiger partial charge in [0.15, 0.2) is 6.35 Å². The SMILES string of the molecule is COc1cc(CN2C(=O)C3(CCN(C(=O)OC(C)(C)C)CC3)NC2O)cc(OC)c1. The molecule has 0 aliphatic carbocycles. The van der Waals surface area contributed by atoms with Gasteiger partial charge in [0.25, 0.3) is 0 Å². The van der Waals surface area contributed by atoms with Gasteiger partial charge in [-0.3, -0.25) is 15.0 Å². The summed E-state index contributed by atoms with van der Waals surface area (Å²) in [7, 11) is 3.12. The van der Waals surface area contributed by atoms with E-state index in [2.05, 4.69) is 5.32 Å². The van der Waals surface area contributed by atoms with Crippen molar-refractivity contribution in [2.45, 2.75) is 57.6 Å². The molecule has 0 saturated carbocycles. The van der Waals surface area contributed by atoms with Gasteiger partial charge in [0, 0.05) is 25.7 Å². The van der Waals surface area contributed by atoms with Crippen LogP contribution in [0.25, 0.3) is 0 Å². The second-order valence-electron chi connectivity index (χ2n) is 8.72.